The fourth-order valence-corrected chi connectivity index (χ4v) is 1.58. The third-order valence-electron chi connectivity index (χ3n) is 2.77. The number of aliphatic hydroxyl groups excluding tert-OH is 1. The molecule has 0 aliphatic rings. The Labute approximate surface area is 91.3 Å². The van der Waals surface area contributed by atoms with E-state index in [1.807, 2.05) is 25.6 Å². The Bertz CT molecular complexity index is 320. The summed E-state index contributed by atoms with van der Waals surface area (Å²) in [7, 11) is 1.96. The highest BCUT2D eigenvalue weighted by Gasteiger charge is 2.08. The van der Waals surface area contributed by atoms with E-state index in [1.165, 1.54) is 11.3 Å². The highest BCUT2D eigenvalue weighted by atomic mass is 16.3. The van der Waals surface area contributed by atoms with Gasteiger partial charge in [0.05, 0.1) is 5.69 Å². The van der Waals surface area contributed by atoms with Gasteiger partial charge in [-0.05, 0) is 19.8 Å². The van der Waals surface area contributed by atoms with E-state index < -0.39 is 0 Å². The van der Waals surface area contributed by atoms with Crippen LogP contribution in [0, 0.1) is 19.8 Å². The first kappa shape index (κ1) is 12.2. The summed E-state index contributed by atoms with van der Waals surface area (Å²) in [6, 6.07) is 0. The van der Waals surface area contributed by atoms with E-state index in [2.05, 4.69) is 17.3 Å². The van der Waals surface area contributed by atoms with Crippen molar-refractivity contribution < 1.29 is 5.11 Å². The third kappa shape index (κ3) is 3.04. The van der Waals surface area contributed by atoms with Gasteiger partial charge in [-0.25, -0.2) is 0 Å². The van der Waals surface area contributed by atoms with E-state index in [9.17, 15) is 0 Å². The lowest BCUT2D eigenvalue weighted by molar-refractivity contribution is 0.233. The van der Waals surface area contributed by atoms with Crippen molar-refractivity contribution in [1.82, 2.24) is 15.1 Å². The first-order valence-electron chi connectivity index (χ1n) is 5.37. The topological polar surface area (TPSA) is 50.1 Å². The molecule has 1 unspecified atom stereocenters. The van der Waals surface area contributed by atoms with Crippen LogP contribution < -0.4 is 5.32 Å². The number of hydrogen-bond donors (Lipinski definition) is 2. The molecule has 0 aliphatic carbocycles. The zero-order chi connectivity index (χ0) is 11.4. The molecule has 0 radical (unpaired) electrons. The molecule has 0 spiro atoms. The summed E-state index contributed by atoms with van der Waals surface area (Å²) in [4.78, 5) is 0. The molecular weight excluding hydrogens is 190 g/mol. The fraction of sp³-hybridized carbons (Fsp3) is 0.727. The summed E-state index contributed by atoms with van der Waals surface area (Å²) < 4.78 is 1.90. The van der Waals surface area contributed by atoms with Gasteiger partial charge in [0.1, 0.15) is 0 Å². The van der Waals surface area contributed by atoms with Gasteiger partial charge in [-0.1, -0.05) is 6.92 Å². The van der Waals surface area contributed by atoms with Crippen LogP contribution >= 0.6 is 0 Å². The molecule has 0 amide bonds. The normalized spacial score (nSPS) is 13.1. The molecule has 1 aromatic rings. The van der Waals surface area contributed by atoms with Gasteiger partial charge in [-0.15, -0.1) is 0 Å². The monoisotopic (exact) mass is 211 g/mol. The fourth-order valence-electron chi connectivity index (χ4n) is 1.58. The van der Waals surface area contributed by atoms with Gasteiger partial charge in [0.15, 0.2) is 0 Å². The summed E-state index contributed by atoms with van der Waals surface area (Å²) in [5.74, 6) is 0.308. The van der Waals surface area contributed by atoms with Gasteiger partial charge in [-0.3, -0.25) is 4.68 Å². The van der Waals surface area contributed by atoms with Crippen LogP contribution in [0.1, 0.15) is 23.9 Å². The maximum Gasteiger partial charge on any atom is 0.0641 e. The summed E-state index contributed by atoms with van der Waals surface area (Å²) in [6.07, 6.45) is 0. The molecule has 4 nitrogen and oxygen atoms in total. The van der Waals surface area contributed by atoms with Crippen LogP contribution in [0.4, 0.5) is 0 Å². The zero-order valence-corrected chi connectivity index (χ0v) is 10.0. The van der Waals surface area contributed by atoms with E-state index in [1.54, 1.807) is 0 Å². The Morgan fingerprint density at radius 3 is 2.60 bits per heavy atom. The molecular formula is C11H21N3O. The number of hydrogen-bond acceptors (Lipinski definition) is 3. The van der Waals surface area contributed by atoms with Crippen LogP contribution in [0.3, 0.4) is 0 Å². The van der Waals surface area contributed by atoms with Crippen molar-refractivity contribution >= 4 is 0 Å². The van der Waals surface area contributed by atoms with Gasteiger partial charge < -0.3 is 10.4 Å². The lowest BCUT2D eigenvalue weighted by Gasteiger charge is -2.09. The minimum absolute atomic E-state index is 0.234. The van der Waals surface area contributed by atoms with Crippen LogP contribution in [-0.4, -0.2) is 28.0 Å². The quantitative estimate of drug-likeness (QED) is 0.756. The summed E-state index contributed by atoms with van der Waals surface area (Å²) in [6.45, 7) is 8.03. The molecule has 1 rings (SSSR count). The Morgan fingerprint density at radius 2 is 2.13 bits per heavy atom. The molecule has 0 bridgehead atoms. The molecule has 15 heavy (non-hydrogen) atoms. The minimum atomic E-state index is 0.234. The molecule has 2 N–H and O–H groups in total. The van der Waals surface area contributed by atoms with E-state index in [-0.39, 0.29) is 6.61 Å². The Kier molecular flexibility index (Phi) is 4.29. The van der Waals surface area contributed by atoms with Crippen LogP contribution in [0.5, 0.6) is 0 Å². The maximum atomic E-state index is 8.89. The van der Waals surface area contributed by atoms with E-state index in [4.69, 9.17) is 5.11 Å². The van der Waals surface area contributed by atoms with Crippen LogP contribution in [0.15, 0.2) is 0 Å². The molecule has 1 heterocycles. The number of aromatic nitrogens is 2. The maximum absolute atomic E-state index is 8.89. The second kappa shape index (κ2) is 5.28. The van der Waals surface area contributed by atoms with Crippen molar-refractivity contribution in [1.29, 1.82) is 0 Å². The van der Waals surface area contributed by atoms with Gasteiger partial charge in [-0.2, -0.15) is 5.10 Å². The molecule has 0 saturated carbocycles. The largest absolute Gasteiger partial charge is 0.396 e. The number of nitrogens with zero attached hydrogens (tertiary/aromatic N) is 2. The Balaban J connectivity index is 2.50. The minimum Gasteiger partial charge on any atom is -0.396 e. The first-order valence-corrected chi connectivity index (χ1v) is 5.37. The number of aryl methyl sites for hydroxylation is 2. The molecule has 86 valence electrons. The standard InChI is InChI=1S/C11H21N3O/c1-8(7-15)5-12-6-11-9(2)13-14(4)10(11)3/h8,12,15H,5-7H2,1-4H3. The van der Waals surface area contributed by atoms with Gasteiger partial charge in [0, 0.05) is 38.0 Å². The Hall–Kier alpha value is -0.870. The average Bonchev–Trinajstić information content (AvgIpc) is 2.44. The van der Waals surface area contributed by atoms with Crippen molar-refractivity contribution in [3.8, 4) is 0 Å². The summed E-state index contributed by atoms with van der Waals surface area (Å²) in [5, 5.41) is 16.6. The lowest BCUT2D eigenvalue weighted by Crippen LogP contribution is -2.23. The average molecular weight is 211 g/mol. The third-order valence-corrected chi connectivity index (χ3v) is 2.77. The highest BCUT2D eigenvalue weighted by Crippen LogP contribution is 2.11. The molecule has 0 aliphatic heterocycles. The number of rotatable bonds is 5. The first-order chi connectivity index (χ1) is 7.06. The molecule has 0 saturated heterocycles. The predicted octanol–water partition coefficient (Wildman–Crippen LogP) is 0.755. The van der Waals surface area contributed by atoms with Crippen molar-refractivity contribution in [3.63, 3.8) is 0 Å². The van der Waals surface area contributed by atoms with E-state index in [0.29, 0.717) is 5.92 Å². The zero-order valence-electron chi connectivity index (χ0n) is 10.0. The highest BCUT2D eigenvalue weighted by molar-refractivity contribution is 5.23. The van der Waals surface area contributed by atoms with Gasteiger partial charge in [0.25, 0.3) is 0 Å². The van der Waals surface area contributed by atoms with Crippen LogP contribution in [0.2, 0.25) is 0 Å². The predicted molar refractivity (Wildman–Crippen MR) is 60.6 cm³/mol. The molecule has 4 heteroatoms. The van der Waals surface area contributed by atoms with Crippen molar-refractivity contribution in [2.24, 2.45) is 13.0 Å². The molecule has 1 aromatic heterocycles. The second-order valence-electron chi connectivity index (χ2n) is 4.19. The van der Waals surface area contributed by atoms with Crippen molar-refractivity contribution in [2.75, 3.05) is 13.2 Å². The van der Waals surface area contributed by atoms with Gasteiger partial charge in [0.2, 0.25) is 0 Å². The second-order valence-corrected chi connectivity index (χ2v) is 4.19. The van der Waals surface area contributed by atoms with Crippen molar-refractivity contribution in [2.45, 2.75) is 27.3 Å². The summed E-state index contributed by atoms with van der Waals surface area (Å²) in [5.41, 5.74) is 3.55. The van der Waals surface area contributed by atoms with Crippen LogP contribution in [-0.2, 0) is 13.6 Å². The Morgan fingerprint density at radius 1 is 1.47 bits per heavy atom. The SMILES string of the molecule is Cc1nn(C)c(C)c1CNCC(C)CO. The number of nitrogens with one attached hydrogen (secondary N) is 1. The smallest absolute Gasteiger partial charge is 0.0641 e. The number of aliphatic hydroxyl groups is 1. The molecule has 0 aromatic carbocycles. The molecule has 1 atom stereocenters. The lowest BCUT2D eigenvalue weighted by atomic mass is 10.1. The summed E-state index contributed by atoms with van der Waals surface area (Å²) >= 11 is 0. The van der Waals surface area contributed by atoms with Crippen LogP contribution in [0.25, 0.3) is 0 Å². The van der Waals surface area contributed by atoms with E-state index in [0.717, 1.165) is 18.8 Å². The van der Waals surface area contributed by atoms with Gasteiger partial charge >= 0.3 is 0 Å². The molecule has 0 fully saturated rings. The van der Waals surface area contributed by atoms with Crippen molar-refractivity contribution in [3.05, 3.63) is 17.0 Å². The van der Waals surface area contributed by atoms with E-state index >= 15 is 0 Å².